The maximum atomic E-state index is 8.88. The highest BCUT2D eigenvalue weighted by Crippen LogP contribution is 2.22. The van der Waals surface area contributed by atoms with E-state index in [2.05, 4.69) is 27.0 Å². The zero-order valence-corrected chi connectivity index (χ0v) is 9.27. The second kappa shape index (κ2) is 3.75. The van der Waals surface area contributed by atoms with Gasteiger partial charge in [-0.15, -0.1) is 0 Å². The van der Waals surface area contributed by atoms with E-state index < -0.39 is 0 Å². The minimum absolute atomic E-state index is 0.535. The molecule has 0 atom stereocenters. The van der Waals surface area contributed by atoms with Crippen LogP contribution >= 0.6 is 15.9 Å². The highest BCUT2D eigenvalue weighted by molar-refractivity contribution is 9.10. The number of hydrogen-bond acceptors (Lipinski definition) is 3. The van der Waals surface area contributed by atoms with Gasteiger partial charge in [0.1, 0.15) is 11.8 Å². The van der Waals surface area contributed by atoms with Crippen LogP contribution in [0.1, 0.15) is 5.69 Å². The number of nitriles is 1. The minimum atomic E-state index is 0.535. The van der Waals surface area contributed by atoms with Gasteiger partial charge in [0.05, 0.1) is 16.4 Å². The van der Waals surface area contributed by atoms with Gasteiger partial charge >= 0.3 is 0 Å². The molecular formula is C10H7BrN4. The first-order valence-corrected chi connectivity index (χ1v) is 5.00. The Kier molecular flexibility index (Phi) is 2.44. The summed E-state index contributed by atoms with van der Waals surface area (Å²) < 4.78 is 2.46. The van der Waals surface area contributed by atoms with Crippen molar-refractivity contribution >= 4 is 21.6 Å². The summed E-state index contributed by atoms with van der Waals surface area (Å²) in [4.78, 5) is 4.17. The van der Waals surface area contributed by atoms with Gasteiger partial charge < -0.3 is 5.73 Å². The second-order valence-electron chi connectivity index (χ2n) is 2.95. The van der Waals surface area contributed by atoms with Crippen molar-refractivity contribution in [3.8, 4) is 11.9 Å². The van der Waals surface area contributed by atoms with E-state index in [-0.39, 0.29) is 0 Å². The molecule has 0 saturated heterocycles. The molecule has 15 heavy (non-hydrogen) atoms. The first-order valence-electron chi connectivity index (χ1n) is 4.21. The summed E-state index contributed by atoms with van der Waals surface area (Å²) in [6.45, 7) is 0. The molecule has 0 aliphatic carbocycles. The molecule has 74 valence electrons. The smallest absolute Gasteiger partial charge is 0.152 e. The van der Waals surface area contributed by atoms with Crippen LogP contribution in [0.2, 0.25) is 0 Å². The van der Waals surface area contributed by atoms with E-state index in [1.165, 1.54) is 0 Å². The van der Waals surface area contributed by atoms with E-state index in [1.807, 2.05) is 0 Å². The molecule has 0 saturated carbocycles. The molecule has 5 heteroatoms. The van der Waals surface area contributed by atoms with Gasteiger partial charge in [0.2, 0.25) is 0 Å². The lowest BCUT2D eigenvalue weighted by atomic mass is 10.4. The third kappa shape index (κ3) is 1.72. The molecule has 2 aromatic heterocycles. The molecular weight excluding hydrogens is 256 g/mol. The molecule has 2 heterocycles. The number of nitrogens with zero attached hydrogens (tertiary/aromatic N) is 3. The van der Waals surface area contributed by atoms with Gasteiger partial charge in [0.15, 0.2) is 5.82 Å². The largest absolute Gasteiger partial charge is 0.397 e. The van der Waals surface area contributed by atoms with E-state index >= 15 is 0 Å². The molecule has 0 bridgehead atoms. The molecule has 0 unspecified atom stereocenters. The van der Waals surface area contributed by atoms with Crippen LogP contribution in [0.5, 0.6) is 0 Å². The van der Waals surface area contributed by atoms with E-state index in [1.54, 1.807) is 35.2 Å². The molecule has 0 aliphatic heterocycles. The predicted octanol–water partition coefficient (Wildman–Crippen LogP) is 2.09. The Bertz CT molecular complexity index is 539. The van der Waals surface area contributed by atoms with Crippen LogP contribution in [-0.4, -0.2) is 9.55 Å². The van der Waals surface area contributed by atoms with Crippen molar-refractivity contribution in [3.05, 3.63) is 40.8 Å². The van der Waals surface area contributed by atoms with Gasteiger partial charge in [0.25, 0.3) is 0 Å². The molecule has 2 N–H and O–H groups in total. The maximum Gasteiger partial charge on any atom is 0.152 e. The summed E-state index contributed by atoms with van der Waals surface area (Å²) in [5, 5.41) is 8.88. The van der Waals surface area contributed by atoms with Crippen molar-refractivity contribution in [2.24, 2.45) is 0 Å². The predicted molar refractivity (Wildman–Crippen MR) is 60.4 cm³/mol. The summed E-state index contributed by atoms with van der Waals surface area (Å²) in [6.07, 6.45) is 3.34. The van der Waals surface area contributed by atoms with E-state index in [0.717, 1.165) is 4.47 Å². The molecule has 0 aliphatic rings. The van der Waals surface area contributed by atoms with Crippen LogP contribution in [-0.2, 0) is 0 Å². The molecule has 2 rings (SSSR count). The van der Waals surface area contributed by atoms with Crippen LogP contribution in [0.3, 0.4) is 0 Å². The van der Waals surface area contributed by atoms with Crippen LogP contribution in [0.4, 0.5) is 5.69 Å². The lowest BCUT2D eigenvalue weighted by Crippen LogP contribution is -2.00. The first kappa shape index (κ1) is 9.74. The van der Waals surface area contributed by atoms with Crippen molar-refractivity contribution in [3.63, 3.8) is 0 Å². The second-order valence-corrected chi connectivity index (χ2v) is 3.80. The Morgan fingerprint density at radius 1 is 1.53 bits per heavy atom. The molecule has 0 spiro atoms. The van der Waals surface area contributed by atoms with E-state index in [0.29, 0.717) is 17.2 Å². The number of nitrogen functional groups attached to an aromatic ring is 1. The highest BCUT2D eigenvalue weighted by Gasteiger charge is 2.07. The first-order chi connectivity index (χ1) is 7.22. The fourth-order valence-corrected chi connectivity index (χ4v) is 1.84. The van der Waals surface area contributed by atoms with Crippen molar-refractivity contribution < 1.29 is 0 Å². The van der Waals surface area contributed by atoms with Gasteiger partial charge in [-0.25, -0.2) is 4.98 Å². The van der Waals surface area contributed by atoms with Crippen molar-refractivity contribution in [2.45, 2.75) is 0 Å². The van der Waals surface area contributed by atoms with E-state index in [4.69, 9.17) is 11.0 Å². The number of halogens is 1. The van der Waals surface area contributed by atoms with Gasteiger partial charge in [0, 0.05) is 6.20 Å². The monoisotopic (exact) mass is 262 g/mol. The minimum Gasteiger partial charge on any atom is -0.397 e. The highest BCUT2D eigenvalue weighted by atomic mass is 79.9. The Balaban J connectivity index is 2.60. The molecule has 4 nitrogen and oxygen atoms in total. The van der Waals surface area contributed by atoms with E-state index in [9.17, 15) is 0 Å². The van der Waals surface area contributed by atoms with Gasteiger partial charge in [-0.05, 0) is 34.1 Å². The standard InChI is InChI=1S/C10H7BrN4/c11-9-4-7(13)6-14-10(9)15-3-1-2-8(15)5-12/h1-4,6H,13H2. The molecule has 0 amide bonds. The van der Waals surface area contributed by atoms with Crippen LogP contribution in [0, 0.1) is 11.3 Å². The summed E-state index contributed by atoms with van der Waals surface area (Å²) in [5.74, 6) is 0.658. The Hall–Kier alpha value is -1.80. The number of pyridine rings is 1. The third-order valence-corrected chi connectivity index (χ3v) is 2.52. The summed E-state index contributed by atoms with van der Waals surface area (Å²) in [6, 6.07) is 7.36. The summed E-state index contributed by atoms with van der Waals surface area (Å²) in [7, 11) is 0. The maximum absolute atomic E-state index is 8.88. The third-order valence-electron chi connectivity index (χ3n) is 1.93. The average molecular weight is 263 g/mol. The molecule has 0 aromatic carbocycles. The van der Waals surface area contributed by atoms with Gasteiger partial charge in [-0.2, -0.15) is 5.26 Å². The van der Waals surface area contributed by atoms with Crippen LogP contribution < -0.4 is 5.73 Å². The summed E-state index contributed by atoms with van der Waals surface area (Å²) >= 11 is 3.36. The number of anilines is 1. The fraction of sp³-hybridized carbons (Fsp3) is 0. The number of aromatic nitrogens is 2. The Morgan fingerprint density at radius 2 is 2.33 bits per heavy atom. The lowest BCUT2D eigenvalue weighted by Gasteiger charge is -2.06. The summed E-state index contributed by atoms with van der Waals surface area (Å²) in [5.41, 5.74) is 6.70. The molecule has 2 aromatic rings. The van der Waals surface area contributed by atoms with Crippen molar-refractivity contribution in [2.75, 3.05) is 5.73 Å². The zero-order chi connectivity index (χ0) is 10.8. The number of nitrogens with two attached hydrogens (primary N) is 1. The van der Waals surface area contributed by atoms with Crippen LogP contribution in [0.15, 0.2) is 35.1 Å². The normalized spacial score (nSPS) is 9.87. The molecule has 0 radical (unpaired) electrons. The molecule has 0 fully saturated rings. The number of rotatable bonds is 1. The zero-order valence-electron chi connectivity index (χ0n) is 7.68. The van der Waals surface area contributed by atoms with Crippen molar-refractivity contribution in [1.29, 1.82) is 5.26 Å². The SMILES string of the molecule is N#Cc1cccn1-c1ncc(N)cc1Br. The Morgan fingerprint density at radius 3 is 3.00 bits per heavy atom. The number of hydrogen-bond donors (Lipinski definition) is 1. The lowest BCUT2D eigenvalue weighted by molar-refractivity contribution is 0.981. The van der Waals surface area contributed by atoms with Gasteiger partial charge in [-0.3, -0.25) is 4.57 Å². The topological polar surface area (TPSA) is 67.6 Å². The van der Waals surface area contributed by atoms with Gasteiger partial charge in [-0.1, -0.05) is 0 Å². The van der Waals surface area contributed by atoms with Crippen LogP contribution in [0.25, 0.3) is 5.82 Å². The fourth-order valence-electron chi connectivity index (χ4n) is 1.28. The quantitative estimate of drug-likeness (QED) is 0.856. The Labute approximate surface area is 95.1 Å². The van der Waals surface area contributed by atoms with Crippen molar-refractivity contribution in [1.82, 2.24) is 9.55 Å². The average Bonchev–Trinajstić information content (AvgIpc) is 2.65.